The minimum atomic E-state index is 0.656. The molecule has 4 aliphatic rings. The topological polar surface area (TPSA) is 16.6 Å². The zero-order chi connectivity index (χ0) is 9.60. The van der Waals surface area contributed by atoms with Crippen molar-refractivity contribution in [3.8, 4) is 0 Å². The Balaban J connectivity index is 1.77. The fourth-order valence-electron chi connectivity index (χ4n) is 4.76. The van der Waals surface area contributed by atoms with Gasteiger partial charge in [0.05, 0.1) is 12.1 Å². The van der Waals surface area contributed by atoms with Crippen LogP contribution in [0, 0.1) is 17.8 Å². The summed E-state index contributed by atoms with van der Waals surface area (Å²) in [6.45, 7) is 4.98. The number of hydrogen-bond donors (Lipinski definition) is 1. The predicted octanol–water partition coefficient (Wildman–Crippen LogP) is 1.70. The third-order valence-electron chi connectivity index (χ3n) is 4.80. The normalized spacial score (nSPS) is 49.6. The Bertz CT molecular complexity index is 208. The monoisotopic (exact) mass is 192 g/mol. The van der Waals surface area contributed by atoms with Crippen molar-refractivity contribution in [3.05, 3.63) is 12.7 Å². The van der Waals surface area contributed by atoms with Crippen molar-refractivity contribution in [2.75, 3.05) is 6.54 Å². The van der Waals surface area contributed by atoms with Gasteiger partial charge in [-0.2, -0.15) is 0 Å². The summed E-state index contributed by atoms with van der Waals surface area (Å²) in [6, 6.07) is 0. The average molecular weight is 192 g/mol. The van der Waals surface area contributed by atoms with Crippen LogP contribution in [0.2, 0.25) is 0 Å². The van der Waals surface area contributed by atoms with Gasteiger partial charge < -0.3 is 5.32 Å². The molecule has 78 valence electrons. The first kappa shape index (κ1) is 8.96. The molecule has 0 heterocycles. The van der Waals surface area contributed by atoms with E-state index in [9.17, 15) is 0 Å². The lowest BCUT2D eigenvalue weighted by Gasteiger charge is -2.54. The van der Waals surface area contributed by atoms with Gasteiger partial charge >= 0.3 is 0 Å². The van der Waals surface area contributed by atoms with E-state index in [0.717, 1.165) is 24.3 Å². The van der Waals surface area contributed by atoms with Crippen molar-refractivity contribution in [2.24, 2.45) is 17.8 Å². The third kappa shape index (κ3) is 1.33. The van der Waals surface area contributed by atoms with E-state index in [1.54, 1.807) is 19.3 Å². The molecule has 4 bridgehead atoms. The van der Waals surface area contributed by atoms with Gasteiger partial charge in [-0.05, 0) is 43.1 Å². The van der Waals surface area contributed by atoms with Crippen LogP contribution in [0.3, 0.4) is 0 Å². The summed E-state index contributed by atoms with van der Waals surface area (Å²) in [4.78, 5) is 0. The number of nitrogens with two attached hydrogens (primary N) is 1. The van der Waals surface area contributed by atoms with E-state index in [0.29, 0.717) is 5.54 Å². The molecule has 0 atom stereocenters. The van der Waals surface area contributed by atoms with Crippen molar-refractivity contribution in [2.45, 2.75) is 44.1 Å². The van der Waals surface area contributed by atoms with Crippen LogP contribution in [0.4, 0.5) is 0 Å². The van der Waals surface area contributed by atoms with Gasteiger partial charge in [0.25, 0.3) is 0 Å². The van der Waals surface area contributed by atoms with Crippen LogP contribution in [0.25, 0.3) is 0 Å². The van der Waals surface area contributed by atoms with Crippen LogP contribution in [0.15, 0.2) is 12.7 Å². The molecule has 0 saturated heterocycles. The van der Waals surface area contributed by atoms with Gasteiger partial charge in [-0.15, -0.1) is 0 Å². The highest BCUT2D eigenvalue weighted by molar-refractivity contribution is 5.01. The molecule has 2 N–H and O–H groups in total. The van der Waals surface area contributed by atoms with Crippen LogP contribution >= 0.6 is 0 Å². The maximum absolute atomic E-state index is 3.85. The Morgan fingerprint density at radius 3 is 2.00 bits per heavy atom. The van der Waals surface area contributed by atoms with Gasteiger partial charge in [0.2, 0.25) is 0 Å². The van der Waals surface area contributed by atoms with Crippen molar-refractivity contribution in [1.29, 1.82) is 0 Å². The van der Waals surface area contributed by atoms with Crippen LogP contribution in [-0.2, 0) is 0 Å². The molecule has 0 aromatic rings. The van der Waals surface area contributed by atoms with Crippen LogP contribution in [0.1, 0.15) is 38.5 Å². The summed E-state index contributed by atoms with van der Waals surface area (Å²) < 4.78 is 0. The predicted molar refractivity (Wildman–Crippen MR) is 57.9 cm³/mol. The standard InChI is InChI=1S/C13H21N/c1-2-3-14-13-7-10-4-11(8-13)6-12(5-10)9-13/h2,10-12,14H,1,3-9H2/p+1. The van der Waals surface area contributed by atoms with E-state index in [-0.39, 0.29) is 0 Å². The lowest BCUT2D eigenvalue weighted by molar-refractivity contribution is -0.731. The Labute approximate surface area is 87.0 Å². The molecule has 0 amide bonds. The second-order valence-corrected chi connectivity index (χ2v) is 6.01. The van der Waals surface area contributed by atoms with Crippen molar-refractivity contribution in [3.63, 3.8) is 0 Å². The molecule has 14 heavy (non-hydrogen) atoms. The summed E-state index contributed by atoms with van der Waals surface area (Å²) in [7, 11) is 0. The second kappa shape index (κ2) is 3.10. The lowest BCUT2D eigenvalue weighted by atomic mass is 9.53. The molecule has 1 heteroatoms. The fourth-order valence-corrected chi connectivity index (χ4v) is 4.76. The Kier molecular flexibility index (Phi) is 1.98. The summed E-state index contributed by atoms with van der Waals surface area (Å²) >= 11 is 0. The third-order valence-corrected chi connectivity index (χ3v) is 4.80. The van der Waals surface area contributed by atoms with Crippen LogP contribution in [0.5, 0.6) is 0 Å². The molecule has 0 aliphatic heterocycles. The van der Waals surface area contributed by atoms with Gasteiger partial charge in [0.1, 0.15) is 0 Å². The number of hydrogen-bond acceptors (Lipinski definition) is 0. The highest BCUT2D eigenvalue weighted by Gasteiger charge is 2.52. The Hall–Kier alpha value is -0.300. The summed E-state index contributed by atoms with van der Waals surface area (Å²) in [5.41, 5.74) is 0.656. The van der Waals surface area contributed by atoms with E-state index < -0.39 is 0 Å². The molecule has 4 rings (SSSR count). The molecule has 0 radical (unpaired) electrons. The zero-order valence-corrected chi connectivity index (χ0v) is 9.04. The van der Waals surface area contributed by atoms with E-state index in [4.69, 9.17) is 0 Å². The molecule has 0 aromatic heterocycles. The van der Waals surface area contributed by atoms with E-state index in [2.05, 4.69) is 18.0 Å². The lowest BCUT2D eigenvalue weighted by Crippen LogP contribution is -2.98. The highest BCUT2D eigenvalue weighted by Crippen LogP contribution is 2.54. The molecule has 0 aromatic carbocycles. The summed E-state index contributed by atoms with van der Waals surface area (Å²) in [5, 5.41) is 2.60. The number of quaternary nitrogens is 1. The van der Waals surface area contributed by atoms with Gasteiger partial charge in [0, 0.05) is 19.3 Å². The number of rotatable bonds is 3. The van der Waals surface area contributed by atoms with E-state index in [1.165, 1.54) is 19.3 Å². The van der Waals surface area contributed by atoms with Gasteiger partial charge in [-0.3, -0.25) is 0 Å². The molecule has 0 spiro atoms. The second-order valence-electron chi connectivity index (χ2n) is 6.01. The summed E-state index contributed by atoms with van der Waals surface area (Å²) in [6.07, 6.45) is 11.3. The maximum atomic E-state index is 3.85. The first-order valence-electron chi connectivity index (χ1n) is 6.25. The van der Waals surface area contributed by atoms with E-state index in [1.807, 2.05) is 0 Å². The molecule has 4 fully saturated rings. The van der Waals surface area contributed by atoms with Gasteiger partial charge in [0.15, 0.2) is 0 Å². The average Bonchev–Trinajstić information content (AvgIpc) is 2.12. The molecular formula is C13H22N+. The van der Waals surface area contributed by atoms with E-state index >= 15 is 0 Å². The minimum Gasteiger partial charge on any atom is -0.338 e. The minimum absolute atomic E-state index is 0.656. The Morgan fingerprint density at radius 1 is 1.07 bits per heavy atom. The van der Waals surface area contributed by atoms with Crippen molar-refractivity contribution >= 4 is 0 Å². The molecule has 4 saturated carbocycles. The molecule has 0 unspecified atom stereocenters. The maximum Gasteiger partial charge on any atom is 0.0971 e. The zero-order valence-electron chi connectivity index (χ0n) is 9.04. The smallest absolute Gasteiger partial charge is 0.0971 e. The van der Waals surface area contributed by atoms with Gasteiger partial charge in [-0.25, -0.2) is 0 Å². The van der Waals surface area contributed by atoms with Gasteiger partial charge in [-0.1, -0.05) is 6.58 Å². The van der Waals surface area contributed by atoms with Crippen LogP contribution in [-0.4, -0.2) is 12.1 Å². The SMILES string of the molecule is C=CC[NH2+]C12CC3CC(CC(C3)C1)C2. The Morgan fingerprint density at radius 2 is 1.57 bits per heavy atom. The van der Waals surface area contributed by atoms with Crippen molar-refractivity contribution < 1.29 is 5.32 Å². The fraction of sp³-hybridized carbons (Fsp3) is 0.846. The van der Waals surface area contributed by atoms with Crippen LogP contribution < -0.4 is 5.32 Å². The largest absolute Gasteiger partial charge is 0.338 e. The first-order valence-corrected chi connectivity index (χ1v) is 6.25. The highest BCUT2D eigenvalue weighted by atomic mass is 15.0. The first-order chi connectivity index (χ1) is 6.80. The molecule has 4 aliphatic carbocycles. The molecular weight excluding hydrogens is 170 g/mol. The molecule has 1 nitrogen and oxygen atoms in total. The summed E-state index contributed by atoms with van der Waals surface area (Å²) in [5.74, 6) is 3.26. The van der Waals surface area contributed by atoms with Crippen molar-refractivity contribution in [1.82, 2.24) is 0 Å². The quantitative estimate of drug-likeness (QED) is 0.656.